The van der Waals surface area contributed by atoms with Crippen LogP contribution in [-0.4, -0.2) is 21.7 Å². The maximum absolute atomic E-state index is 5.09. The molecule has 0 atom stereocenters. The van der Waals surface area contributed by atoms with E-state index in [1.54, 1.807) is 0 Å². The van der Waals surface area contributed by atoms with Crippen molar-refractivity contribution < 1.29 is 0 Å². The number of anilines is 6. The van der Waals surface area contributed by atoms with Gasteiger partial charge in [0, 0.05) is 28.4 Å². The zero-order chi connectivity index (χ0) is 36.0. The topological polar surface area (TPSA) is 37.2 Å². The van der Waals surface area contributed by atoms with Crippen molar-refractivity contribution in [3.8, 4) is 5.69 Å². The van der Waals surface area contributed by atoms with E-state index in [0.29, 0.717) is 0 Å². The van der Waals surface area contributed by atoms with Gasteiger partial charge in [0.25, 0.3) is 6.71 Å². The maximum Gasteiger partial charge on any atom is 0.280 e. The number of fused-ring (bicyclic) bond motifs is 4. The Hall–Kier alpha value is -5.10. The van der Waals surface area contributed by atoms with E-state index in [9.17, 15) is 0 Å². The zero-order valence-corrected chi connectivity index (χ0v) is 31.7. The van der Waals surface area contributed by atoms with Gasteiger partial charge < -0.3 is 4.90 Å². The molecule has 256 valence electrons. The van der Waals surface area contributed by atoms with Gasteiger partial charge in [0.2, 0.25) is 0 Å². The molecule has 1 aromatic heterocycles. The molecular weight excluding hydrogens is 621 g/mol. The van der Waals surface area contributed by atoms with Crippen molar-refractivity contribution in [1.82, 2.24) is 15.0 Å². The summed E-state index contributed by atoms with van der Waals surface area (Å²) in [6.07, 6.45) is 0. The first kappa shape index (κ1) is 33.1. The second-order valence-corrected chi connectivity index (χ2v) is 17.5. The summed E-state index contributed by atoms with van der Waals surface area (Å²) in [4.78, 5) is 4.88. The first-order chi connectivity index (χ1) is 24.1. The number of hydrogen-bond donors (Lipinski definition) is 0. The molecule has 0 saturated carbocycles. The minimum atomic E-state index is -0.101. The summed E-state index contributed by atoms with van der Waals surface area (Å²) in [5, 5.41) is 10.0. The largest absolute Gasteiger partial charge is 0.311 e. The van der Waals surface area contributed by atoms with Crippen LogP contribution in [0.1, 0.15) is 84.6 Å². The summed E-state index contributed by atoms with van der Waals surface area (Å²) in [7, 11) is 0. The number of aromatic nitrogens is 3. The quantitative estimate of drug-likeness (QED) is 0.176. The van der Waals surface area contributed by atoms with E-state index < -0.39 is 0 Å². The van der Waals surface area contributed by atoms with Crippen molar-refractivity contribution >= 4 is 57.5 Å². The molecule has 0 amide bonds. The highest BCUT2D eigenvalue weighted by molar-refractivity contribution is 6.99. The number of para-hydroxylation sites is 1. The fraction of sp³-hybridized carbons (Fsp3) is 0.289. The number of nitrogens with zero attached hydrogens (tertiary/aromatic N) is 5. The fourth-order valence-electron chi connectivity index (χ4n) is 7.75. The molecule has 3 heterocycles. The van der Waals surface area contributed by atoms with Gasteiger partial charge in [-0.2, -0.15) is 4.68 Å². The molecule has 0 bridgehead atoms. The Morgan fingerprint density at radius 3 is 1.57 bits per heavy atom. The van der Waals surface area contributed by atoms with Gasteiger partial charge in [-0.15, -0.1) is 5.10 Å². The van der Waals surface area contributed by atoms with Gasteiger partial charge in [-0.3, -0.25) is 4.90 Å². The van der Waals surface area contributed by atoms with Crippen LogP contribution in [0.4, 0.5) is 34.3 Å². The van der Waals surface area contributed by atoms with Crippen LogP contribution in [0.5, 0.6) is 0 Å². The Morgan fingerprint density at radius 2 is 1.02 bits per heavy atom. The van der Waals surface area contributed by atoms with Gasteiger partial charge in [-0.1, -0.05) is 122 Å². The molecule has 6 heteroatoms. The van der Waals surface area contributed by atoms with Crippen LogP contribution in [0.3, 0.4) is 0 Å². The number of aryl methyl sites for hydroxylation is 1. The lowest BCUT2D eigenvalue weighted by Gasteiger charge is -2.43. The summed E-state index contributed by atoms with van der Waals surface area (Å²) in [5.41, 5.74) is 15.4. The van der Waals surface area contributed by atoms with Gasteiger partial charge in [0.15, 0.2) is 5.82 Å². The summed E-state index contributed by atoms with van der Waals surface area (Å²) in [6.45, 7) is 22.6. The van der Waals surface area contributed by atoms with Gasteiger partial charge in [-0.05, 0) is 111 Å². The Balaban J connectivity index is 1.45. The highest BCUT2D eigenvalue weighted by atomic mass is 15.5. The van der Waals surface area contributed by atoms with Crippen LogP contribution in [-0.2, 0) is 16.2 Å². The Bertz CT molecular complexity index is 2260. The summed E-state index contributed by atoms with van der Waals surface area (Å²) in [6, 6.07) is 40.4. The Kier molecular flexibility index (Phi) is 7.43. The lowest BCUT2D eigenvalue weighted by molar-refractivity contribution is 0.590. The summed E-state index contributed by atoms with van der Waals surface area (Å²) >= 11 is 0. The van der Waals surface area contributed by atoms with E-state index in [4.69, 9.17) is 10.3 Å². The molecule has 0 unspecified atom stereocenters. The van der Waals surface area contributed by atoms with Gasteiger partial charge in [0.1, 0.15) is 0 Å². The lowest BCUT2D eigenvalue weighted by atomic mass is 9.35. The molecule has 5 nitrogen and oxygen atoms in total. The molecule has 2 aliphatic rings. The summed E-state index contributed by atoms with van der Waals surface area (Å²) in [5.74, 6) is 0.980. The normalized spacial score (nSPS) is 14.0. The van der Waals surface area contributed by atoms with E-state index in [0.717, 1.165) is 34.2 Å². The zero-order valence-electron chi connectivity index (χ0n) is 31.7. The third-order valence-corrected chi connectivity index (χ3v) is 10.6. The van der Waals surface area contributed by atoms with Crippen molar-refractivity contribution in [2.75, 3.05) is 9.80 Å². The number of benzene rings is 5. The minimum Gasteiger partial charge on any atom is -0.311 e. The lowest BCUT2D eigenvalue weighted by Crippen LogP contribution is -2.62. The Labute approximate surface area is 304 Å². The SMILES string of the molecule is Cc1cc2c3c(c1)N(c1ccc(C(C)(C)C)cc1)c1c(nnn1-c1ccccc1)B3c1cc(C(C)(C)C)ccc1N2c1ccc(C(C)(C)C)cc1. The van der Waals surface area contributed by atoms with E-state index in [-0.39, 0.29) is 23.0 Å². The van der Waals surface area contributed by atoms with Crippen LogP contribution in [0.15, 0.2) is 109 Å². The van der Waals surface area contributed by atoms with Crippen LogP contribution in [0.25, 0.3) is 5.69 Å². The third-order valence-electron chi connectivity index (χ3n) is 10.6. The molecule has 5 aromatic carbocycles. The van der Waals surface area contributed by atoms with Crippen LogP contribution >= 0.6 is 0 Å². The van der Waals surface area contributed by atoms with E-state index in [1.165, 1.54) is 44.6 Å². The van der Waals surface area contributed by atoms with E-state index >= 15 is 0 Å². The maximum atomic E-state index is 5.09. The van der Waals surface area contributed by atoms with Crippen LogP contribution in [0.2, 0.25) is 0 Å². The monoisotopic (exact) mass is 669 g/mol. The molecular formula is C45H48BN5. The predicted molar refractivity (Wildman–Crippen MR) is 216 cm³/mol. The van der Waals surface area contributed by atoms with E-state index in [2.05, 4.69) is 188 Å². The Morgan fingerprint density at radius 1 is 0.510 bits per heavy atom. The second kappa shape index (κ2) is 11.5. The molecule has 6 aromatic rings. The van der Waals surface area contributed by atoms with Crippen LogP contribution < -0.4 is 26.3 Å². The van der Waals surface area contributed by atoms with Crippen molar-refractivity contribution in [3.05, 3.63) is 131 Å². The minimum absolute atomic E-state index is 0.0232. The van der Waals surface area contributed by atoms with Crippen molar-refractivity contribution in [3.63, 3.8) is 0 Å². The van der Waals surface area contributed by atoms with Gasteiger partial charge in [-0.25, -0.2) is 0 Å². The number of rotatable bonds is 3. The van der Waals surface area contributed by atoms with Crippen molar-refractivity contribution in [2.24, 2.45) is 0 Å². The molecule has 2 aliphatic heterocycles. The highest BCUT2D eigenvalue weighted by Crippen LogP contribution is 2.45. The molecule has 0 N–H and O–H groups in total. The van der Waals surface area contributed by atoms with Crippen molar-refractivity contribution in [2.45, 2.75) is 85.5 Å². The first-order valence-electron chi connectivity index (χ1n) is 18.2. The fourth-order valence-corrected chi connectivity index (χ4v) is 7.75. The van der Waals surface area contributed by atoms with Gasteiger partial charge >= 0.3 is 0 Å². The smallest absolute Gasteiger partial charge is 0.280 e. The van der Waals surface area contributed by atoms with Crippen LogP contribution in [0, 0.1) is 6.92 Å². The predicted octanol–water partition coefficient (Wildman–Crippen LogP) is 9.55. The molecule has 0 radical (unpaired) electrons. The summed E-state index contributed by atoms with van der Waals surface area (Å²) < 4.78 is 2.03. The van der Waals surface area contributed by atoms with Gasteiger partial charge in [0.05, 0.1) is 11.3 Å². The molecule has 8 rings (SSSR count). The standard InChI is InChI=1S/C45H48BN5/c1-29-26-38-40-39(27-29)50(34-23-18-31(19-24-34)44(5,6)7)42-41(47-48-51(42)35-14-12-11-13-15-35)46(40)36-28-32(45(8,9)10)20-25-37(36)49(38)33-21-16-30(17-22-33)43(2,3)4/h11-28H,1-10H3. The highest BCUT2D eigenvalue weighted by Gasteiger charge is 2.47. The second-order valence-electron chi connectivity index (χ2n) is 17.5. The first-order valence-corrected chi connectivity index (χ1v) is 18.2. The molecule has 0 spiro atoms. The molecule has 0 fully saturated rings. The molecule has 0 aliphatic carbocycles. The average Bonchev–Trinajstić information content (AvgIpc) is 3.52. The van der Waals surface area contributed by atoms with E-state index in [1.807, 2.05) is 4.68 Å². The van der Waals surface area contributed by atoms with Crippen molar-refractivity contribution in [1.29, 1.82) is 0 Å². The number of hydrogen-bond acceptors (Lipinski definition) is 4. The molecule has 0 saturated heterocycles. The molecule has 51 heavy (non-hydrogen) atoms. The average molecular weight is 670 g/mol. The third kappa shape index (κ3) is 5.47.